The van der Waals surface area contributed by atoms with Crippen molar-refractivity contribution in [2.24, 2.45) is 17.8 Å². The second kappa shape index (κ2) is 7.96. The summed E-state index contributed by atoms with van der Waals surface area (Å²) >= 11 is 0. The van der Waals surface area contributed by atoms with Crippen molar-refractivity contribution >= 4 is 0 Å². The lowest BCUT2D eigenvalue weighted by Crippen LogP contribution is -2.47. The maximum atomic E-state index is 5.58. The van der Waals surface area contributed by atoms with E-state index in [0.29, 0.717) is 12.0 Å². The van der Waals surface area contributed by atoms with Crippen LogP contribution in [0.15, 0.2) is 12.1 Å². The van der Waals surface area contributed by atoms with Crippen molar-refractivity contribution in [1.82, 2.24) is 4.90 Å². The molecule has 25 heavy (non-hydrogen) atoms. The number of hydrogen-bond acceptors (Lipinski definition) is 4. The molecule has 1 saturated heterocycles. The summed E-state index contributed by atoms with van der Waals surface area (Å²) in [5, 5.41) is 0. The van der Waals surface area contributed by atoms with Crippen molar-refractivity contribution in [3.8, 4) is 11.5 Å². The Hall–Kier alpha value is -1.26. The van der Waals surface area contributed by atoms with Crippen LogP contribution in [0.3, 0.4) is 0 Å². The molecule has 3 rings (SSSR count). The molecule has 0 spiro atoms. The molecule has 0 aromatic heterocycles. The van der Waals surface area contributed by atoms with Gasteiger partial charge in [-0.3, -0.25) is 4.90 Å². The van der Waals surface area contributed by atoms with Crippen molar-refractivity contribution in [2.75, 3.05) is 41.0 Å². The minimum absolute atomic E-state index is 0.479. The van der Waals surface area contributed by atoms with Gasteiger partial charge in [-0.25, -0.2) is 0 Å². The average Bonchev–Trinajstić information content (AvgIpc) is 2.60. The van der Waals surface area contributed by atoms with Gasteiger partial charge < -0.3 is 14.2 Å². The van der Waals surface area contributed by atoms with Crippen molar-refractivity contribution < 1.29 is 14.2 Å². The summed E-state index contributed by atoms with van der Waals surface area (Å²) in [7, 11) is 5.27. The van der Waals surface area contributed by atoms with E-state index in [0.717, 1.165) is 42.9 Å². The average molecular weight is 347 g/mol. The molecule has 0 unspecified atom stereocenters. The van der Waals surface area contributed by atoms with Gasteiger partial charge in [-0.05, 0) is 60.3 Å². The number of fused-ring (bicyclic) bond motifs is 3. The summed E-state index contributed by atoms with van der Waals surface area (Å²) in [6, 6.07) is 4.86. The molecule has 1 aromatic carbocycles. The van der Waals surface area contributed by atoms with Gasteiger partial charge in [0.2, 0.25) is 0 Å². The van der Waals surface area contributed by atoms with E-state index in [9.17, 15) is 0 Å². The van der Waals surface area contributed by atoms with Gasteiger partial charge in [0, 0.05) is 32.8 Å². The van der Waals surface area contributed by atoms with Crippen LogP contribution in [0.25, 0.3) is 0 Å². The highest BCUT2D eigenvalue weighted by Gasteiger charge is 2.39. The first-order valence-electron chi connectivity index (χ1n) is 9.55. The molecule has 4 nitrogen and oxygen atoms in total. The topological polar surface area (TPSA) is 30.9 Å². The number of hydrogen-bond donors (Lipinski definition) is 0. The third kappa shape index (κ3) is 3.80. The number of rotatable bonds is 6. The Bertz CT molecular complexity index is 587. The Morgan fingerprint density at radius 1 is 1.08 bits per heavy atom. The van der Waals surface area contributed by atoms with Gasteiger partial charge in [0.15, 0.2) is 11.5 Å². The SMILES string of the molecule is COC[C@@H]1C[C@@H]2c3cc(OC)c(OC)cc3CCN2C[C@H]1CC(C)C. The van der Waals surface area contributed by atoms with Crippen molar-refractivity contribution in [1.29, 1.82) is 0 Å². The summed E-state index contributed by atoms with van der Waals surface area (Å²) in [4.78, 5) is 2.69. The Kier molecular flexibility index (Phi) is 5.90. The summed E-state index contributed by atoms with van der Waals surface area (Å²) < 4.78 is 16.6. The van der Waals surface area contributed by atoms with E-state index in [4.69, 9.17) is 14.2 Å². The molecule has 2 aliphatic rings. The second-order valence-electron chi connectivity index (χ2n) is 8.01. The number of ether oxygens (including phenoxy) is 3. The zero-order valence-electron chi connectivity index (χ0n) is 16.4. The fraction of sp³-hybridized carbons (Fsp3) is 0.714. The molecular weight excluding hydrogens is 314 g/mol. The quantitative estimate of drug-likeness (QED) is 0.780. The van der Waals surface area contributed by atoms with E-state index in [1.807, 2.05) is 7.11 Å². The van der Waals surface area contributed by atoms with Crippen LogP contribution in [0.5, 0.6) is 11.5 Å². The van der Waals surface area contributed by atoms with Crippen LogP contribution in [-0.2, 0) is 11.2 Å². The van der Waals surface area contributed by atoms with Crippen LogP contribution in [0.1, 0.15) is 43.9 Å². The van der Waals surface area contributed by atoms with Crippen LogP contribution in [0.4, 0.5) is 0 Å². The van der Waals surface area contributed by atoms with Gasteiger partial charge in [-0.2, -0.15) is 0 Å². The Labute approximate surface area is 152 Å². The van der Waals surface area contributed by atoms with Gasteiger partial charge in [-0.1, -0.05) is 13.8 Å². The molecule has 2 heterocycles. The van der Waals surface area contributed by atoms with Crippen LogP contribution in [0.2, 0.25) is 0 Å². The second-order valence-corrected chi connectivity index (χ2v) is 8.01. The fourth-order valence-corrected chi connectivity index (χ4v) is 4.79. The molecule has 0 amide bonds. The lowest BCUT2D eigenvalue weighted by molar-refractivity contribution is 0.00728. The first-order chi connectivity index (χ1) is 12.1. The third-order valence-electron chi connectivity index (χ3n) is 5.93. The molecule has 3 atom stereocenters. The lowest BCUT2D eigenvalue weighted by atomic mass is 9.74. The number of benzene rings is 1. The van der Waals surface area contributed by atoms with Crippen LogP contribution < -0.4 is 9.47 Å². The maximum Gasteiger partial charge on any atom is 0.161 e. The van der Waals surface area contributed by atoms with Gasteiger partial charge in [0.25, 0.3) is 0 Å². The highest BCUT2D eigenvalue weighted by Crippen LogP contribution is 2.45. The van der Waals surface area contributed by atoms with Crippen LogP contribution in [-0.4, -0.2) is 45.9 Å². The summed E-state index contributed by atoms with van der Waals surface area (Å²) in [6.07, 6.45) is 3.55. The molecule has 0 saturated carbocycles. The zero-order valence-corrected chi connectivity index (χ0v) is 16.4. The summed E-state index contributed by atoms with van der Waals surface area (Å²) in [5.74, 6) is 3.79. The van der Waals surface area contributed by atoms with E-state index in [-0.39, 0.29) is 0 Å². The number of methoxy groups -OCH3 is 3. The number of nitrogens with zero attached hydrogens (tertiary/aromatic N) is 1. The predicted octanol–water partition coefficient (Wildman–Crippen LogP) is 3.93. The number of piperidine rings is 1. The normalized spacial score (nSPS) is 26.2. The van der Waals surface area contributed by atoms with E-state index >= 15 is 0 Å². The first kappa shape index (κ1) is 18.5. The zero-order chi connectivity index (χ0) is 18.0. The fourth-order valence-electron chi connectivity index (χ4n) is 4.79. The van der Waals surface area contributed by atoms with E-state index in [1.165, 1.54) is 30.5 Å². The molecule has 4 heteroatoms. The van der Waals surface area contributed by atoms with Crippen molar-refractivity contribution in [2.45, 2.75) is 39.2 Å². The van der Waals surface area contributed by atoms with Gasteiger partial charge in [0.1, 0.15) is 0 Å². The Balaban J connectivity index is 1.89. The van der Waals surface area contributed by atoms with Gasteiger partial charge in [0.05, 0.1) is 14.2 Å². The minimum atomic E-state index is 0.479. The predicted molar refractivity (Wildman–Crippen MR) is 100 cm³/mol. The molecule has 0 N–H and O–H groups in total. The molecule has 0 aliphatic carbocycles. The molecule has 0 radical (unpaired) electrons. The van der Waals surface area contributed by atoms with Gasteiger partial charge >= 0.3 is 0 Å². The van der Waals surface area contributed by atoms with E-state index in [2.05, 4.69) is 30.9 Å². The van der Waals surface area contributed by atoms with Crippen molar-refractivity contribution in [3.63, 3.8) is 0 Å². The van der Waals surface area contributed by atoms with E-state index in [1.54, 1.807) is 14.2 Å². The van der Waals surface area contributed by atoms with Gasteiger partial charge in [-0.15, -0.1) is 0 Å². The molecular formula is C21H33NO3. The molecule has 1 fully saturated rings. The standard InChI is InChI=1S/C21H33NO3/c1-14(2)8-16-12-22-7-6-15-10-20(24-4)21(25-5)11-18(15)19(22)9-17(16)13-23-3/h10-11,14,16-17,19H,6-9,12-13H2,1-5H3/t16-,17+,19-/m1/s1. The van der Waals surface area contributed by atoms with Crippen LogP contribution in [0, 0.1) is 17.8 Å². The first-order valence-corrected chi connectivity index (χ1v) is 9.55. The Morgan fingerprint density at radius 2 is 1.80 bits per heavy atom. The van der Waals surface area contributed by atoms with E-state index < -0.39 is 0 Å². The van der Waals surface area contributed by atoms with Crippen LogP contribution >= 0.6 is 0 Å². The highest BCUT2D eigenvalue weighted by molar-refractivity contribution is 5.49. The summed E-state index contributed by atoms with van der Waals surface area (Å²) in [6.45, 7) is 7.85. The minimum Gasteiger partial charge on any atom is -0.493 e. The molecule has 0 bridgehead atoms. The smallest absolute Gasteiger partial charge is 0.161 e. The molecule has 2 aliphatic heterocycles. The third-order valence-corrected chi connectivity index (χ3v) is 5.93. The largest absolute Gasteiger partial charge is 0.493 e. The molecule has 140 valence electrons. The highest BCUT2D eigenvalue weighted by atomic mass is 16.5. The maximum absolute atomic E-state index is 5.58. The van der Waals surface area contributed by atoms with Crippen molar-refractivity contribution in [3.05, 3.63) is 23.3 Å². The lowest BCUT2D eigenvalue weighted by Gasteiger charge is -2.47. The molecule has 1 aromatic rings. The Morgan fingerprint density at radius 3 is 2.44 bits per heavy atom. The summed E-state index contributed by atoms with van der Waals surface area (Å²) in [5.41, 5.74) is 2.84. The monoisotopic (exact) mass is 347 g/mol.